The van der Waals surface area contributed by atoms with Crippen LogP contribution >= 0.6 is 0 Å². The Morgan fingerprint density at radius 2 is 1.81 bits per heavy atom. The zero-order valence-electron chi connectivity index (χ0n) is 15.2. The maximum atomic E-state index is 5.61. The molecule has 2 aromatic carbocycles. The van der Waals surface area contributed by atoms with Crippen molar-refractivity contribution in [3.8, 4) is 5.75 Å². The van der Waals surface area contributed by atoms with Crippen molar-refractivity contribution in [2.24, 2.45) is 0 Å². The topological polar surface area (TPSA) is 37.4 Å². The third-order valence-electron chi connectivity index (χ3n) is 4.95. The van der Waals surface area contributed by atoms with Crippen LogP contribution in [0.2, 0.25) is 0 Å². The lowest BCUT2D eigenvalue weighted by Crippen LogP contribution is -2.45. The van der Waals surface area contributed by atoms with Crippen LogP contribution < -0.4 is 10.1 Å². The first-order chi connectivity index (χ1) is 12.8. The number of para-hydroxylation sites is 1. The maximum Gasteiger partial charge on any atom is 0.119 e. The van der Waals surface area contributed by atoms with Crippen molar-refractivity contribution < 1.29 is 4.74 Å². The van der Waals surface area contributed by atoms with Gasteiger partial charge >= 0.3 is 0 Å². The van der Waals surface area contributed by atoms with Crippen LogP contribution in [0.25, 0.3) is 10.9 Å². The van der Waals surface area contributed by atoms with E-state index in [4.69, 9.17) is 9.72 Å². The second-order valence-corrected chi connectivity index (χ2v) is 6.65. The Kier molecular flexibility index (Phi) is 5.14. The van der Waals surface area contributed by atoms with Gasteiger partial charge in [-0.25, -0.2) is 0 Å². The number of ether oxygens (including phenoxy) is 1. The summed E-state index contributed by atoms with van der Waals surface area (Å²) in [4.78, 5) is 7.24. The van der Waals surface area contributed by atoms with Crippen LogP contribution in [-0.4, -0.2) is 42.7 Å². The molecule has 1 atom stereocenters. The average Bonchev–Trinajstić information content (AvgIpc) is 2.70. The molecule has 134 valence electrons. The Balaban J connectivity index is 1.73. The Labute approximate surface area is 154 Å². The highest BCUT2D eigenvalue weighted by Gasteiger charge is 2.24. The van der Waals surface area contributed by atoms with E-state index in [9.17, 15) is 0 Å². The third kappa shape index (κ3) is 3.57. The third-order valence-corrected chi connectivity index (χ3v) is 4.95. The molecule has 3 aromatic rings. The number of benzene rings is 2. The molecule has 1 aliphatic rings. The normalized spacial score (nSPS) is 16.5. The number of nitrogens with one attached hydrogen (secondary N) is 1. The van der Waals surface area contributed by atoms with Crippen molar-refractivity contribution in [3.63, 3.8) is 0 Å². The summed E-state index contributed by atoms with van der Waals surface area (Å²) in [6, 6.07) is 19.3. The van der Waals surface area contributed by atoms with E-state index < -0.39 is 0 Å². The zero-order valence-corrected chi connectivity index (χ0v) is 15.2. The summed E-state index contributed by atoms with van der Waals surface area (Å²) in [5.41, 5.74) is 3.57. The number of fused-ring (bicyclic) bond motifs is 1. The summed E-state index contributed by atoms with van der Waals surface area (Å²) in [6.45, 7) is 6.81. The van der Waals surface area contributed by atoms with Crippen LogP contribution in [0.3, 0.4) is 0 Å². The standard InChI is InChI=1S/C22H25N3O/c1-2-26-20-9-7-17(8-10-20)22(25-13-11-23-12-14-25)19-15-18-5-3-4-6-21(18)24-16-19/h3-10,15-16,22-23H,2,11-14H2,1H3. The van der Waals surface area contributed by atoms with Gasteiger partial charge in [0.15, 0.2) is 0 Å². The molecule has 1 aliphatic heterocycles. The number of piperazine rings is 1. The molecular formula is C22H25N3O. The summed E-state index contributed by atoms with van der Waals surface area (Å²) < 4.78 is 5.61. The number of hydrogen-bond acceptors (Lipinski definition) is 4. The minimum atomic E-state index is 0.213. The van der Waals surface area contributed by atoms with Gasteiger partial charge in [-0.3, -0.25) is 9.88 Å². The van der Waals surface area contributed by atoms with Crippen LogP contribution in [0.4, 0.5) is 0 Å². The van der Waals surface area contributed by atoms with Crippen LogP contribution in [0, 0.1) is 0 Å². The summed E-state index contributed by atoms with van der Waals surface area (Å²) in [6.07, 6.45) is 2.03. The number of hydrogen-bond donors (Lipinski definition) is 1. The summed E-state index contributed by atoms with van der Waals surface area (Å²) in [5, 5.41) is 4.64. The summed E-state index contributed by atoms with van der Waals surface area (Å²) in [7, 11) is 0. The predicted octanol–water partition coefficient (Wildman–Crippen LogP) is 3.63. The van der Waals surface area contributed by atoms with E-state index in [2.05, 4.69) is 58.7 Å². The van der Waals surface area contributed by atoms with Gasteiger partial charge in [-0.05, 0) is 42.3 Å². The van der Waals surface area contributed by atoms with E-state index in [1.807, 2.05) is 19.2 Å². The molecule has 2 heterocycles. The monoisotopic (exact) mass is 347 g/mol. The van der Waals surface area contributed by atoms with E-state index >= 15 is 0 Å². The minimum Gasteiger partial charge on any atom is -0.494 e. The van der Waals surface area contributed by atoms with Crippen molar-refractivity contribution in [3.05, 3.63) is 71.9 Å². The lowest BCUT2D eigenvalue weighted by atomic mass is 9.96. The number of nitrogens with zero attached hydrogens (tertiary/aromatic N) is 2. The van der Waals surface area contributed by atoms with Crippen LogP contribution in [-0.2, 0) is 0 Å². The van der Waals surface area contributed by atoms with E-state index in [1.54, 1.807) is 0 Å². The SMILES string of the molecule is CCOc1ccc(C(c2cnc3ccccc3c2)N2CCNCC2)cc1. The quantitative estimate of drug-likeness (QED) is 0.765. The second kappa shape index (κ2) is 7.85. The van der Waals surface area contributed by atoms with Crippen molar-refractivity contribution in [2.45, 2.75) is 13.0 Å². The van der Waals surface area contributed by atoms with Gasteiger partial charge in [-0.2, -0.15) is 0 Å². The van der Waals surface area contributed by atoms with Gasteiger partial charge in [0.05, 0.1) is 18.2 Å². The van der Waals surface area contributed by atoms with Gasteiger partial charge in [0, 0.05) is 37.8 Å². The highest BCUT2D eigenvalue weighted by Crippen LogP contribution is 2.31. The first kappa shape index (κ1) is 17.0. The van der Waals surface area contributed by atoms with E-state index in [1.165, 1.54) is 16.5 Å². The van der Waals surface area contributed by atoms with E-state index in [0.717, 1.165) is 37.4 Å². The first-order valence-electron chi connectivity index (χ1n) is 9.37. The first-order valence-corrected chi connectivity index (χ1v) is 9.37. The second-order valence-electron chi connectivity index (χ2n) is 6.65. The van der Waals surface area contributed by atoms with Crippen molar-refractivity contribution in [1.82, 2.24) is 15.2 Å². The molecule has 4 heteroatoms. The lowest BCUT2D eigenvalue weighted by Gasteiger charge is -2.35. The molecule has 0 aliphatic carbocycles. The number of pyridine rings is 1. The van der Waals surface area contributed by atoms with Crippen LogP contribution in [0.1, 0.15) is 24.1 Å². The molecule has 0 radical (unpaired) electrons. The Bertz CT molecular complexity index is 857. The Hall–Kier alpha value is -2.43. The van der Waals surface area contributed by atoms with Gasteiger partial charge in [0.25, 0.3) is 0 Å². The molecule has 4 nitrogen and oxygen atoms in total. The number of rotatable bonds is 5. The molecule has 0 spiro atoms. The molecule has 0 bridgehead atoms. The fraction of sp³-hybridized carbons (Fsp3) is 0.318. The summed E-state index contributed by atoms with van der Waals surface area (Å²) in [5.74, 6) is 0.923. The van der Waals surface area contributed by atoms with Crippen molar-refractivity contribution in [2.75, 3.05) is 32.8 Å². The largest absolute Gasteiger partial charge is 0.494 e. The van der Waals surface area contributed by atoms with Gasteiger partial charge in [0.1, 0.15) is 5.75 Å². The molecule has 26 heavy (non-hydrogen) atoms. The lowest BCUT2D eigenvalue weighted by molar-refractivity contribution is 0.198. The maximum absolute atomic E-state index is 5.61. The molecule has 1 unspecified atom stereocenters. The minimum absolute atomic E-state index is 0.213. The highest BCUT2D eigenvalue weighted by atomic mass is 16.5. The van der Waals surface area contributed by atoms with Gasteiger partial charge in [-0.1, -0.05) is 30.3 Å². The smallest absolute Gasteiger partial charge is 0.119 e. The van der Waals surface area contributed by atoms with Gasteiger partial charge in [-0.15, -0.1) is 0 Å². The molecule has 1 saturated heterocycles. The molecule has 0 saturated carbocycles. The Morgan fingerprint density at radius 3 is 2.58 bits per heavy atom. The Morgan fingerprint density at radius 1 is 1.04 bits per heavy atom. The molecule has 4 rings (SSSR count). The highest BCUT2D eigenvalue weighted by molar-refractivity contribution is 5.79. The zero-order chi connectivity index (χ0) is 17.8. The van der Waals surface area contributed by atoms with Gasteiger partial charge in [0.2, 0.25) is 0 Å². The molecular weight excluding hydrogens is 322 g/mol. The van der Waals surface area contributed by atoms with Crippen LogP contribution in [0.15, 0.2) is 60.8 Å². The molecule has 1 aromatic heterocycles. The predicted molar refractivity (Wildman–Crippen MR) is 106 cm³/mol. The molecule has 0 amide bonds. The van der Waals surface area contributed by atoms with Crippen LogP contribution in [0.5, 0.6) is 5.75 Å². The van der Waals surface area contributed by atoms with Crippen molar-refractivity contribution >= 4 is 10.9 Å². The van der Waals surface area contributed by atoms with Crippen molar-refractivity contribution in [1.29, 1.82) is 0 Å². The average molecular weight is 347 g/mol. The van der Waals surface area contributed by atoms with Gasteiger partial charge < -0.3 is 10.1 Å². The fourth-order valence-electron chi connectivity index (χ4n) is 3.71. The van der Waals surface area contributed by atoms with E-state index in [-0.39, 0.29) is 6.04 Å². The van der Waals surface area contributed by atoms with E-state index in [0.29, 0.717) is 6.61 Å². The summed E-state index contributed by atoms with van der Waals surface area (Å²) >= 11 is 0. The fourth-order valence-corrected chi connectivity index (χ4v) is 3.71. The molecule has 1 N–H and O–H groups in total. The molecule has 1 fully saturated rings. The number of aromatic nitrogens is 1.